The van der Waals surface area contributed by atoms with Gasteiger partial charge >= 0.3 is 0 Å². The smallest absolute Gasteiger partial charge is 0.170 e. The van der Waals surface area contributed by atoms with Crippen molar-refractivity contribution in [1.29, 1.82) is 5.26 Å². The quantitative estimate of drug-likeness (QED) is 0.769. The predicted octanol–water partition coefficient (Wildman–Crippen LogP) is 2.96. The van der Waals surface area contributed by atoms with Gasteiger partial charge < -0.3 is 0 Å². The molecule has 3 nitrogen and oxygen atoms in total. The van der Waals surface area contributed by atoms with Gasteiger partial charge in [-0.05, 0) is 30.0 Å². The maximum atomic E-state index is 9.01. The number of aromatic nitrogens is 2. The Kier molecular flexibility index (Phi) is 2.66. The highest BCUT2D eigenvalue weighted by molar-refractivity contribution is 5.84. The molecule has 0 saturated carbocycles. The van der Waals surface area contributed by atoms with Crippen molar-refractivity contribution in [3.05, 3.63) is 29.5 Å². The number of hydrogen-bond donors (Lipinski definition) is 0. The zero-order valence-electron chi connectivity index (χ0n) is 9.86. The molecular formula is C13H15N3. The molecule has 2 rings (SSSR count). The second kappa shape index (κ2) is 3.97. The van der Waals surface area contributed by atoms with E-state index in [9.17, 15) is 0 Å². The molecule has 0 N–H and O–H groups in total. The lowest BCUT2D eigenvalue weighted by molar-refractivity contribution is 0.734. The minimum absolute atomic E-state index is 0.516. The van der Waals surface area contributed by atoms with Crippen molar-refractivity contribution in [1.82, 2.24) is 9.78 Å². The summed E-state index contributed by atoms with van der Waals surface area (Å²) in [5.74, 6) is 0.524. The van der Waals surface area contributed by atoms with Crippen LogP contribution >= 0.6 is 0 Å². The predicted molar refractivity (Wildman–Crippen MR) is 64.1 cm³/mol. The zero-order chi connectivity index (χ0) is 11.7. The van der Waals surface area contributed by atoms with Crippen LogP contribution in [0.3, 0.4) is 0 Å². The first kappa shape index (κ1) is 10.7. The van der Waals surface area contributed by atoms with Crippen molar-refractivity contribution in [3.63, 3.8) is 0 Å². The first-order valence-electron chi connectivity index (χ1n) is 5.54. The van der Waals surface area contributed by atoms with Gasteiger partial charge in [0.25, 0.3) is 0 Å². The van der Waals surface area contributed by atoms with E-state index in [1.165, 1.54) is 5.56 Å². The van der Waals surface area contributed by atoms with Crippen LogP contribution in [0.5, 0.6) is 0 Å². The van der Waals surface area contributed by atoms with Gasteiger partial charge in [-0.15, -0.1) is 0 Å². The lowest BCUT2D eigenvalue weighted by Crippen LogP contribution is -1.92. The Morgan fingerprint density at radius 2 is 2.25 bits per heavy atom. The third kappa shape index (κ3) is 1.57. The number of aryl methyl sites for hydroxylation is 1. The summed E-state index contributed by atoms with van der Waals surface area (Å²) in [6.45, 7) is 4.37. The van der Waals surface area contributed by atoms with Gasteiger partial charge in [0.15, 0.2) is 5.69 Å². The summed E-state index contributed by atoms with van der Waals surface area (Å²) in [6, 6.07) is 8.41. The summed E-state index contributed by atoms with van der Waals surface area (Å²) in [5, 5.41) is 14.2. The average Bonchev–Trinajstić information content (AvgIpc) is 2.64. The van der Waals surface area contributed by atoms with E-state index in [1.807, 2.05) is 13.1 Å². The van der Waals surface area contributed by atoms with E-state index >= 15 is 0 Å². The number of nitriles is 1. The molecule has 0 aliphatic carbocycles. The van der Waals surface area contributed by atoms with Crippen LogP contribution in [0, 0.1) is 11.3 Å². The van der Waals surface area contributed by atoms with Crippen molar-refractivity contribution >= 4 is 10.9 Å². The molecule has 0 saturated heterocycles. The number of fused-ring (bicyclic) bond motifs is 1. The van der Waals surface area contributed by atoms with Crippen LogP contribution in [0.4, 0.5) is 0 Å². The van der Waals surface area contributed by atoms with Crippen LogP contribution in [0.15, 0.2) is 18.2 Å². The molecule has 1 aromatic carbocycles. The first-order valence-corrected chi connectivity index (χ1v) is 5.54. The van der Waals surface area contributed by atoms with Gasteiger partial charge in [0.05, 0.1) is 5.52 Å². The third-order valence-electron chi connectivity index (χ3n) is 3.16. The van der Waals surface area contributed by atoms with Gasteiger partial charge in [0.2, 0.25) is 0 Å². The van der Waals surface area contributed by atoms with E-state index in [0.29, 0.717) is 11.6 Å². The van der Waals surface area contributed by atoms with Gasteiger partial charge in [-0.2, -0.15) is 10.4 Å². The molecule has 1 atom stereocenters. The Morgan fingerprint density at radius 3 is 2.88 bits per heavy atom. The van der Waals surface area contributed by atoms with Gasteiger partial charge in [-0.25, -0.2) is 0 Å². The van der Waals surface area contributed by atoms with Gasteiger partial charge in [-0.1, -0.05) is 19.9 Å². The number of benzene rings is 1. The SMILES string of the molecule is CCC(C)c1ccc2c(c1)c(C#N)nn2C. The van der Waals surface area contributed by atoms with E-state index in [4.69, 9.17) is 5.26 Å². The summed E-state index contributed by atoms with van der Waals surface area (Å²) in [5.41, 5.74) is 2.81. The molecule has 0 fully saturated rings. The van der Waals surface area contributed by atoms with Gasteiger partial charge in [-0.3, -0.25) is 4.68 Å². The fourth-order valence-corrected chi connectivity index (χ4v) is 1.91. The van der Waals surface area contributed by atoms with E-state index in [1.54, 1.807) is 4.68 Å². The number of nitrogens with zero attached hydrogens (tertiary/aromatic N) is 3. The van der Waals surface area contributed by atoms with Crippen LogP contribution < -0.4 is 0 Å². The zero-order valence-corrected chi connectivity index (χ0v) is 9.86. The van der Waals surface area contributed by atoms with Crippen LogP contribution in [0.2, 0.25) is 0 Å². The fraction of sp³-hybridized carbons (Fsp3) is 0.385. The molecule has 3 heteroatoms. The lowest BCUT2D eigenvalue weighted by atomic mass is 9.97. The Balaban J connectivity index is 2.65. The minimum Gasteiger partial charge on any atom is -0.267 e. The van der Waals surface area contributed by atoms with Crippen molar-refractivity contribution < 1.29 is 0 Å². The second-order valence-corrected chi connectivity index (χ2v) is 4.17. The monoisotopic (exact) mass is 213 g/mol. The molecule has 1 aromatic heterocycles. The molecular weight excluding hydrogens is 198 g/mol. The summed E-state index contributed by atoms with van der Waals surface area (Å²) < 4.78 is 1.76. The van der Waals surface area contributed by atoms with Crippen molar-refractivity contribution in [3.8, 4) is 6.07 Å². The Morgan fingerprint density at radius 1 is 1.50 bits per heavy atom. The molecule has 0 amide bonds. The standard InChI is InChI=1S/C13H15N3/c1-4-9(2)10-5-6-13-11(7-10)12(8-14)15-16(13)3/h5-7,9H,4H2,1-3H3. The summed E-state index contributed by atoms with van der Waals surface area (Å²) in [7, 11) is 1.87. The molecule has 0 aliphatic rings. The molecule has 0 bridgehead atoms. The highest BCUT2D eigenvalue weighted by atomic mass is 15.3. The average molecular weight is 213 g/mol. The molecule has 2 aromatic rings. The Bertz CT molecular complexity index is 560. The van der Waals surface area contributed by atoms with Crippen LogP contribution in [0.25, 0.3) is 10.9 Å². The molecule has 0 aliphatic heterocycles. The minimum atomic E-state index is 0.516. The fourth-order valence-electron chi connectivity index (χ4n) is 1.91. The van der Waals surface area contributed by atoms with Crippen molar-refractivity contribution in [2.45, 2.75) is 26.2 Å². The molecule has 1 unspecified atom stereocenters. The van der Waals surface area contributed by atoms with Crippen LogP contribution in [-0.2, 0) is 7.05 Å². The van der Waals surface area contributed by atoms with E-state index in [2.05, 4.69) is 37.1 Å². The van der Waals surface area contributed by atoms with Crippen molar-refractivity contribution in [2.24, 2.45) is 7.05 Å². The molecule has 1 heterocycles. The highest BCUT2D eigenvalue weighted by Gasteiger charge is 2.10. The van der Waals surface area contributed by atoms with E-state index < -0.39 is 0 Å². The Hall–Kier alpha value is -1.82. The van der Waals surface area contributed by atoms with Crippen LogP contribution in [-0.4, -0.2) is 9.78 Å². The van der Waals surface area contributed by atoms with Crippen molar-refractivity contribution in [2.75, 3.05) is 0 Å². The van der Waals surface area contributed by atoms with Crippen LogP contribution in [0.1, 0.15) is 37.4 Å². The third-order valence-corrected chi connectivity index (χ3v) is 3.16. The van der Waals surface area contributed by atoms with E-state index in [-0.39, 0.29) is 0 Å². The molecule has 82 valence electrons. The maximum absolute atomic E-state index is 9.01. The summed E-state index contributed by atoms with van der Waals surface area (Å²) in [4.78, 5) is 0. The number of rotatable bonds is 2. The first-order chi connectivity index (χ1) is 7.67. The largest absolute Gasteiger partial charge is 0.267 e. The topological polar surface area (TPSA) is 41.6 Å². The summed E-state index contributed by atoms with van der Waals surface area (Å²) in [6.07, 6.45) is 1.10. The molecule has 0 radical (unpaired) electrons. The second-order valence-electron chi connectivity index (χ2n) is 4.17. The lowest BCUT2D eigenvalue weighted by Gasteiger charge is -2.08. The Labute approximate surface area is 95.3 Å². The molecule has 16 heavy (non-hydrogen) atoms. The van der Waals surface area contributed by atoms with Gasteiger partial charge in [0.1, 0.15) is 6.07 Å². The highest BCUT2D eigenvalue weighted by Crippen LogP contribution is 2.25. The maximum Gasteiger partial charge on any atom is 0.170 e. The van der Waals surface area contributed by atoms with E-state index in [0.717, 1.165) is 17.3 Å². The van der Waals surface area contributed by atoms with Gasteiger partial charge in [0, 0.05) is 12.4 Å². The normalized spacial score (nSPS) is 12.6. The summed E-state index contributed by atoms with van der Waals surface area (Å²) >= 11 is 0. The molecule has 0 spiro atoms. The number of hydrogen-bond acceptors (Lipinski definition) is 2.